The minimum absolute atomic E-state index is 0.116. The van der Waals surface area contributed by atoms with Crippen LogP contribution in [0.3, 0.4) is 0 Å². The molecule has 1 aromatic carbocycles. The van der Waals surface area contributed by atoms with Crippen LogP contribution in [-0.2, 0) is 0 Å². The standard InChI is InChI=1S/C9H10N4O4/c1-2-5-10-11-8-4-3-7(12(14)15)6-9(8)13(16)17/h3-6,11H,2H2,1H3/b10-5+. The molecule has 90 valence electrons. The second kappa shape index (κ2) is 5.54. The summed E-state index contributed by atoms with van der Waals surface area (Å²) in [6.45, 7) is 1.86. The SMILES string of the molecule is CC/C=N/Nc1ccc([N+](=O)[O-])cc1[N+](=O)[O-]. The molecule has 8 nitrogen and oxygen atoms in total. The Bertz CT molecular complexity index is 472. The van der Waals surface area contributed by atoms with Crippen LogP contribution in [0.15, 0.2) is 23.3 Å². The zero-order chi connectivity index (χ0) is 12.8. The molecule has 1 rings (SSSR count). The first-order valence-electron chi connectivity index (χ1n) is 4.76. The number of nitrogens with zero attached hydrogens (tertiary/aromatic N) is 3. The third kappa shape index (κ3) is 3.23. The fourth-order valence-electron chi connectivity index (χ4n) is 1.09. The van der Waals surface area contributed by atoms with Crippen molar-refractivity contribution in [1.82, 2.24) is 0 Å². The van der Waals surface area contributed by atoms with Crippen molar-refractivity contribution >= 4 is 23.3 Å². The largest absolute Gasteiger partial charge is 0.301 e. The molecular weight excluding hydrogens is 228 g/mol. The van der Waals surface area contributed by atoms with Gasteiger partial charge < -0.3 is 0 Å². The highest BCUT2D eigenvalue weighted by Gasteiger charge is 2.18. The number of hydrogen-bond acceptors (Lipinski definition) is 6. The summed E-state index contributed by atoms with van der Waals surface area (Å²) in [6, 6.07) is 3.32. The van der Waals surface area contributed by atoms with Crippen LogP contribution in [-0.4, -0.2) is 16.1 Å². The van der Waals surface area contributed by atoms with Crippen LogP contribution in [0.4, 0.5) is 17.1 Å². The maximum absolute atomic E-state index is 10.7. The number of hydrogen-bond donors (Lipinski definition) is 1. The molecule has 0 aliphatic rings. The van der Waals surface area contributed by atoms with Crippen molar-refractivity contribution in [3.63, 3.8) is 0 Å². The second-order valence-corrected chi connectivity index (χ2v) is 3.05. The van der Waals surface area contributed by atoms with Crippen LogP contribution in [0, 0.1) is 20.2 Å². The van der Waals surface area contributed by atoms with Gasteiger partial charge in [-0.1, -0.05) is 6.92 Å². The topological polar surface area (TPSA) is 111 Å². The van der Waals surface area contributed by atoms with Crippen molar-refractivity contribution in [1.29, 1.82) is 0 Å². The maximum Gasteiger partial charge on any atom is 0.301 e. The number of nitro groups is 2. The van der Waals surface area contributed by atoms with Crippen LogP contribution in [0.5, 0.6) is 0 Å². The highest BCUT2D eigenvalue weighted by molar-refractivity contribution is 5.67. The average Bonchev–Trinajstić information content (AvgIpc) is 2.29. The lowest BCUT2D eigenvalue weighted by Crippen LogP contribution is -1.98. The predicted octanol–water partition coefficient (Wildman–Crippen LogP) is 2.31. The van der Waals surface area contributed by atoms with Crippen molar-refractivity contribution in [2.75, 3.05) is 5.43 Å². The molecule has 0 radical (unpaired) electrons. The van der Waals surface area contributed by atoms with E-state index in [1.165, 1.54) is 18.3 Å². The van der Waals surface area contributed by atoms with Gasteiger partial charge in [-0.3, -0.25) is 25.7 Å². The molecule has 17 heavy (non-hydrogen) atoms. The summed E-state index contributed by atoms with van der Waals surface area (Å²) >= 11 is 0. The van der Waals surface area contributed by atoms with E-state index in [0.29, 0.717) is 6.42 Å². The quantitative estimate of drug-likeness (QED) is 0.480. The second-order valence-electron chi connectivity index (χ2n) is 3.05. The first-order valence-corrected chi connectivity index (χ1v) is 4.76. The molecule has 1 N–H and O–H groups in total. The molecule has 0 aliphatic heterocycles. The number of non-ortho nitro benzene ring substituents is 1. The summed E-state index contributed by atoms with van der Waals surface area (Å²) in [5, 5.41) is 24.9. The van der Waals surface area contributed by atoms with Crippen LogP contribution < -0.4 is 5.43 Å². The summed E-state index contributed by atoms with van der Waals surface area (Å²) in [6.07, 6.45) is 2.21. The van der Waals surface area contributed by atoms with Crippen molar-refractivity contribution < 1.29 is 9.85 Å². The minimum Gasteiger partial charge on any atom is -0.272 e. The molecule has 8 heteroatoms. The smallest absolute Gasteiger partial charge is 0.272 e. The fraction of sp³-hybridized carbons (Fsp3) is 0.222. The first kappa shape index (κ1) is 12.6. The zero-order valence-electron chi connectivity index (χ0n) is 8.99. The Hall–Kier alpha value is -2.51. The van der Waals surface area contributed by atoms with Gasteiger partial charge in [-0.2, -0.15) is 5.10 Å². The van der Waals surface area contributed by atoms with E-state index in [0.717, 1.165) is 6.07 Å². The zero-order valence-corrected chi connectivity index (χ0v) is 8.99. The molecule has 0 aromatic heterocycles. The van der Waals surface area contributed by atoms with Crippen molar-refractivity contribution in [2.24, 2.45) is 5.10 Å². The van der Waals surface area contributed by atoms with Crippen molar-refractivity contribution in [3.05, 3.63) is 38.4 Å². The van der Waals surface area contributed by atoms with Gasteiger partial charge in [-0.15, -0.1) is 0 Å². The van der Waals surface area contributed by atoms with Gasteiger partial charge in [0.15, 0.2) is 0 Å². The number of nitrogens with one attached hydrogen (secondary N) is 1. The Kier molecular flexibility index (Phi) is 4.09. The van der Waals surface area contributed by atoms with E-state index in [2.05, 4.69) is 10.5 Å². The van der Waals surface area contributed by atoms with Crippen molar-refractivity contribution in [2.45, 2.75) is 13.3 Å². The molecular formula is C9H10N4O4. The molecule has 0 fully saturated rings. The van der Waals surface area contributed by atoms with Crippen LogP contribution in [0.1, 0.15) is 13.3 Å². The third-order valence-corrected chi connectivity index (χ3v) is 1.85. The molecule has 0 amide bonds. The lowest BCUT2D eigenvalue weighted by Gasteiger charge is -2.01. The molecule has 0 heterocycles. The summed E-state index contributed by atoms with van der Waals surface area (Å²) < 4.78 is 0. The van der Waals surface area contributed by atoms with Gasteiger partial charge in [-0.25, -0.2) is 0 Å². The van der Waals surface area contributed by atoms with E-state index in [1.54, 1.807) is 0 Å². The van der Waals surface area contributed by atoms with Gasteiger partial charge in [0, 0.05) is 12.3 Å². The summed E-state index contributed by atoms with van der Waals surface area (Å²) in [7, 11) is 0. The van der Waals surface area contributed by atoms with Gasteiger partial charge in [0.2, 0.25) is 0 Å². The molecule has 0 unspecified atom stereocenters. The molecule has 0 aliphatic carbocycles. The fourth-order valence-corrected chi connectivity index (χ4v) is 1.09. The highest BCUT2D eigenvalue weighted by Crippen LogP contribution is 2.28. The molecule has 0 spiro atoms. The molecule has 0 saturated carbocycles. The van der Waals surface area contributed by atoms with Gasteiger partial charge in [-0.05, 0) is 12.5 Å². The van der Waals surface area contributed by atoms with Gasteiger partial charge in [0.25, 0.3) is 5.69 Å². The molecule has 1 aromatic rings. The van der Waals surface area contributed by atoms with E-state index in [9.17, 15) is 20.2 Å². The van der Waals surface area contributed by atoms with Gasteiger partial charge in [0.05, 0.1) is 15.9 Å². The molecule has 0 bridgehead atoms. The van der Waals surface area contributed by atoms with E-state index in [-0.39, 0.29) is 17.1 Å². The lowest BCUT2D eigenvalue weighted by atomic mass is 10.2. The number of anilines is 1. The Morgan fingerprint density at radius 3 is 2.59 bits per heavy atom. The number of nitro benzene ring substituents is 2. The Morgan fingerprint density at radius 2 is 2.06 bits per heavy atom. The van der Waals surface area contributed by atoms with Crippen LogP contribution in [0.25, 0.3) is 0 Å². The van der Waals surface area contributed by atoms with Crippen LogP contribution in [0.2, 0.25) is 0 Å². The van der Waals surface area contributed by atoms with Crippen LogP contribution >= 0.6 is 0 Å². The van der Waals surface area contributed by atoms with E-state index >= 15 is 0 Å². The minimum atomic E-state index is -0.698. The summed E-state index contributed by atoms with van der Waals surface area (Å²) in [5.74, 6) is 0. The summed E-state index contributed by atoms with van der Waals surface area (Å²) in [5.41, 5.74) is 1.87. The average molecular weight is 238 g/mol. The normalized spacial score (nSPS) is 10.4. The van der Waals surface area contributed by atoms with Gasteiger partial charge in [0.1, 0.15) is 5.69 Å². The lowest BCUT2D eigenvalue weighted by molar-refractivity contribution is -0.393. The number of benzene rings is 1. The van der Waals surface area contributed by atoms with Crippen molar-refractivity contribution in [3.8, 4) is 0 Å². The summed E-state index contributed by atoms with van der Waals surface area (Å²) in [4.78, 5) is 19.8. The maximum atomic E-state index is 10.7. The third-order valence-electron chi connectivity index (χ3n) is 1.85. The van der Waals surface area contributed by atoms with E-state index in [4.69, 9.17) is 0 Å². The highest BCUT2D eigenvalue weighted by atomic mass is 16.6. The molecule has 0 atom stereocenters. The number of hydrazone groups is 1. The molecule has 0 saturated heterocycles. The Morgan fingerprint density at radius 1 is 1.35 bits per heavy atom. The monoisotopic (exact) mass is 238 g/mol. The Balaban J connectivity index is 3.08. The van der Waals surface area contributed by atoms with E-state index < -0.39 is 9.85 Å². The number of rotatable bonds is 5. The van der Waals surface area contributed by atoms with E-state index in [1.807, 2.05) is 6.92 Å². The first-order chi connectivity index (χ1) is 8.06. The predicted molar refractivity (Wildman–Crippen MR) is 62.2 cm³/mol. The van der Waals surface area contributed by atoms with Gasteiger partial charge >= 0.3 is 5.69 Å². The Labute approximate surface area is 96.2 Å².